The number of hydrogen-bond acceptors (Lipinski definition) is 4. The molecule has 0 aromatic heterocycles. The Bertz CT molecular complexity index is 321. The SMILES string of the molecule is CCCNC(=O)C(C)NC(=O)NCCC(O)C(=O)O. The first-order valence-electron chi connectivity index (χ1n) is 6.11. The van der Waals surface area contributed by atoms with E-state index in [9.17, 15) is 14.4 Å². The van der Waals surface area contributed by atoms with Crippen molar-refractivity contribution in [3.8, 4) is 0 Å². The lowest BCUT2D eigenvalue weighted by atomic mass is 10.2. The van der Waals surface area contributed by atoms with E-state index in [0.29, 0.717) is 6.54 Å². The third-order valence-electron chi connectivity index (χ3n) is 2.28. The molecule has 0 rings (SSSR count). The lowest BCUT2D eigenvalue weighted by Gasteiger charge is -2.14. The monoisotopic (exact) mass is 275 g/mol. The van der Waals surface area contributed by atoms with Gasteiger partial charge in [-0.25, -0.2) is 9.59 Å². The molecular formula is C11H21N3O5. The van der Waals surface area contributed by atoms with Crippen LogP contribution in [0, 0.1) is 0 Å². The van der Waals surface area contributed by atoms with Gasteiger partial charge in [0, 0.05) is 19.5 Å². The summed E-state index contributed by atoms with van der Waals surface area (Å²) in [5.41, 5.74) is 0. The average Bonchev–Trinajstić information content (AvgIpc) is 2.35. The van der Waals surface area contributed by atoms with Crippen LogP contribution in [0.15, 0.2) is 0 Å². The van der Waals surface area contributed by atoms with Crippen LogP contribution in [-0.2, 0) is 9.59 Å². The summed E-state index contributed by atoms with van der Waals surface area (Å²) in [5.74, 6) is -1.63. The molecule has 0 aliphatic rings. The number of amides is 3. The molecule has 0 heterocycles. The maximum absolute atomic E-state index is 11.4. The molecule has 8 nitrogen and oxygen atoms in total. The zero-order valence-corrected chi connectivity index (χ0v) is 11.1. The third kappa shape index (κ3) is 7.98. The number of carbonyl (C=O) groups excluding carboxylic acids is 2. The topological polar surface area (TPSA) is 128 Å². The van der Waals surface area contributed by atoms with Crippen LogP contribution in [0.2, 0.25) is 0 Å². The second-order valence-electron chi connectivity index (χ2n) is 4.06. The minimum atomic E-state index is -1.51. The van der Waals surface area contributed by atoms with Crippen molar-refractivity contribution >= 4 is 17.9 Å². The molecule has 0 fully saturated rings. The fourth-order valence-electron chi connectivity index (χ4n) is 1.16. The van der Waals surface area contributed by atoms with Crippen LogP contribution in [0.1, 0.15) is 26.7 Å². The Morgan fingerprint density at radius 1 is 1.16 bits per heavy atom. The van der Waals surface area contributed by atoms with Crippen molar-refractivity contribution in [3.63, 3.8) is 0 Å². The summed E-state index contributed by atoms with van der Waals surface area (Å²) < 4.78 is 0. The maximum atomic E-state index is 11.4. The Labute approximate surface area is 111 Å². The van der Waals surface area contributed by atoms with E-state index in [4.69, 9.17) is 10.2 Å². The molecule has 0 aromatic rings. The van der Waals surface area contributed by atoms with Gasteiger partial charge in [0.05, 0.1) is 0 Å². The van der Waals surface area contributed by atoms with Gasteiger partial charge in [0.15, 0.2) is 6.10 Å². The molecule has 0 aliphatic carbocycles. The number of nitrogens with one attached hydrogen (secondary N) is 3. The van der Waals surface area contributed by atoms with E-state index in [1.807, 2.05) is 6.92 Å². The number of aliphatic carboxylic acids is 1. The molecule has 5 N–H and O–H groups in total. The first-order valence-corrected chi connectivity index (χ1v) is 6.11. The summed E-state index contributed by atoms with van der Waals surface area (Å²) in [7, 11) is 0. The standard InChI is InChI=1S/C11H21N3O5/c1-3-5-12-9(16)7(2)14-11(19)13-6-4-8(15)10(17)18/h7-8,15H,3-6H2,1-2H3,(H,12,16)(H,17,18)(H2,13,14,19). The molecule has 19 heavy (non-hydrogen) atoms. The van der Waals surface area contributed by atoms with Gasteiger partial charge in [0.2, 0.25) is 5.91 Å². The van der Waals surface area contributed by atoms with Crippen LogP contribution in [0.4, 0.5) is 4.79 Å². The number of rotatable bonds is 8. The van der Waals surface area contributed by atoms with Crippen LogP contribution in [-0.4, -0.2) is 53.4 Å². The van der Waals surface area contributed by atoms with E-state index in [2.05, 4.69) is 16.0 Å². The summed E-state index contributed by atoms with van der Waals surface area (Å²) in [6.45, 7) is 4.00. The average molecular weight is 275 g/mol. The van der Waals surface area contributed by atoms with Crippen molar-refractivity contribution in [2.24, 2.45) is 0 Å². The van der Waals surface area contributed by atoms with Gasteiger partial charge in [-0.05, 0) is 13.3 Å². The zero-order chi connectivity index (χ0) is 14.8. The summed E-state index contributed by atoms with van der Waals surface area (Å²) >= 11 is 0. The molecule has 0 aromatic carbocycles. The summed E-state index contributed by atoms with van der Waals surface area (Å²) in [4.78, 5) is 33.1. The fourth-order valence-corrected chi connectivity index (χ4v) is 1.16. The van der Waals surface area contributed by atoms with Crippen molar-refractivity contribution in [3.05, 3.63) is 0 Å². The molecule has 2 atom stereocenters. The van der Waals surface area contributed by atoms with Crippen molar-refractivity contribution < 1.29 is 24.6 Å². The molecule has 0 aliphatic heterocycles. The second-order valence-corrected chi connectivity index (χ2v) is 4.06. The number of carbonyl (C=O) groups is 3. The molecule has 8 heteroatoms. The number of carboxylic acid groups (broad SMARTS) is 1. The molecule has 0 radical (unpaired) electrons. The highest BCUT2D eigenvalue weighted by Gasteiger charge is 2.16. The highest BCUT2D eigenvalue weighted by atomic mass is 16.4. The van der Waals surface area contributed by atoms with Gasteiger partial charge in [-0.2, -0.15) is 0 Å². The van der Waals surface area contributed by atoms with E-state index in [-0.39, 0.29) is 18.9 Å². The van der Waals surface area contributed by atoms with Gasteiger partial charge in [-0.1, -0.05) is 6.92 Å². The molecule has 0 saturated heterocycles. The Morgan fingerprint density at radius 3 is 2.32 bits per heavy atom. The van der Waals surface area contributed by atoms with Crippen molar-refractivity contribution in [1.82, 2.24) is 16.0 Å². The van der Waals surface area contributed by atoms with Crippen LogP contribution >= 0.6 is 0 Å². The normalized spacial score (nSPS) is 13.2. The largest absolute Gasteiger partial charge is 0.479 e. The van der Waals surface area contributed by atoms with Gasteiger partial charge in [0.25, 0.3) is 0 Å². The van der Waals surface area contributed by atoms with Gasteiger partial charge < -0.3 is 26.2 Å². The molecular weight excluding hydrogens is 254 g/mol. The van der Waals surface area contributed by atoms with Crippen LogP contribution in [0.5, 0.6) is 0 Å². The van der Waals surface area contributed by atoms with E-state index < -0.39 is 24.1 Å². The number of aliphatic hydroxyl groups is 1. The van der Waals surface area contributed by atoms with Crippen LogP contribution in [0.3, 0.4) is 0 Å². The third-order valence-corrected chi connectivity index (χ3v) is 2.28. The zero-order valence-electron chi connectivity index (χ0n) is 11.1. The van der Waals surface area contributed by atoms with Gasteiger partial charge in [-0.15, -0.1) is 0 Å². The van der Waals surface area contributed by atoms with Crippen LogP contribution < -0.4 is 16.0 Å². The van der Waals surface area contributed by atoms with Gasteiger partial charge >= 0.3 is 12.0 Å². The minimum absolute atomic E-state index is 0.00258. The van der Waals surface area contributed by atoms with Crippen LogP contribution in [0.25, 0.3) is 0 Å². The smallest absolute Gasteiger partial charge is 0.332 e. The Morgan fingerprint density at radius 2 is 1.79 bits per heavy atom. The number of hydrogen-bond donors (Lipinski definition) is 5. The van der Waals surface area contributed by atoms with Gasteiger partial charge in [0.1, 0.15) is 6.04 Å². The lowest BCUT2D eigenvalue weighted by Crippen LogP contribution is -2.49. The molecule has 2 unspecified atom stereocenters. The molecule has 0 bridgehead atoms. The fraction of sp³-hybridized carbons (Fsp3) is 0.727. The minimum Gasteiger partial charge on any atom is -0.479 e. The maximum Gasteiger partial charge on any atom is 0.332 e. The Kier molecular flexibility index (Phi) is 8.27. The molecule has 3 amide bonds. The summed E-state index contributed by atoms with van der Waals surface area (Å²) in [6.07, 6.45) is -0.803. The molecule has 0 spiro atoms. The first kappa shape index (κ1) is 17.2. The predicted octanol–water partition coefficient (Wildman–Crippen LogP) is -0.964. The highest BCUT2D eigenvalue weighted by Crippen LogP contribution is 1.89. The van der Waals surface area contributed by atoms with E-state index in [1.165, 1.54) is 6.92 Å². The van der Waals surface area contributed by atoms with E-state index >= 15 is 0 Å². The number of aliphatic hydroxyl groups excluding tert-OH is 1. The summed E-state index contributed by atoms with van der Waals surface area (Å²) in [6, 6.07) is -1.27. The van der Waals surface area contributed by atoms with E-state index in [1.54, 1.807) is 0 Å². The Balaban J connectivity index is 3.85. The quantitative estimate of drug-likeness (QED) is 0.389. The predicted molar refractivity (Wildman–Crippen MR) is 67.6 cm³/mol. The second kappa shape index (κ2) is 9.15. The highest BCUT2D eigenvalue weighted by molar-refractivity contribution is 5.86. The number of carboxylic acids is 1. The van der Waals surface area contributed by atoms with Crippen molar-refractivity contribution in [1.29, 1.82) is 0 Å². The Hall–Kier alpha value is -1.83. The number of urea groups is 1. The van der Waals surface area contributed by atoms with Crippen molar-refractivity contribution in [2.45, 2.75) is 38.8 Å². The van der Waals surface area contributed by atoms with Crippen molar-refractivity contribution in [2.75, 3.05) is 13.1 Å². The summed E-state index contributed by atoms with van der Waals surface area (Å²) in [5, 5.41) is 24.8. The first-order chi connectivity index (χ1) is 8.88. The van der Waals surface area contributed by atoms with E-state index in [0.717, 1.165) is 6.42 Å². The van der Waals surface area contributed by atoms with Gasteiger partial charge in [-0.3, -0.25) is 4.79 Å². The lowest BCUT2D eigenvalue weighted by molar-refractivity contribution is -0.146. The molecule has 0 saturated carbocycles. The molecule has 110 valence electrons.